The molecule has 0 saturated heterocycles. The second-order valence-corrected chi connectivity index (χ2v) is 19.6. The normalized spacial score (nSPS) is 11.9. The average Bonchev–Trinajstić information content (AvgIpc) is 3.30. The Bertz CT molecular complexity index is 1350. The van der Waals surface area contributed by atoms with E-state index in [1.54, 1.807) is 11.9 Å². The fourth-order valence-electron chi connectivity index (χ4n) is 8.43. The van der Waals surface area contributed by atoms with Gasteiger partial charge in [-0.25, -0.2) is 0 Å². The maximum absolute atomic E-state index is 13.5. The lowest BCUT2D eigenvalue weighted by atomic mass is 10.0. The van der Waals surface area contributed by atoms with Crippen LogP contribution in [-0.2, 0) is 43.0 Å². The molecule has 0 bridgehead atoms. The van der Waals surface area contributed by atoms with E-state index in [1.807, 2.05) is 11.9 Å². The molecular weight excluding hydrogens is 915 g/mol. The van der Waals surface area contributed by atoms with Gasteiger partial charge in [0, 0.05) is 65.7 Å². The van der Waals surface area contributed by atoms with Crippen molar-refractivity contribution in [3.8, 4) is 0 Å². The number of unbranched alkanes of at least 4 members (excludes halogenated alkanes) is 24. The second-order valence-electron chi connectivity index (χ2n) is 19.6. The van der Waals surface area contributed by atoms with Crippen molar-refractivity contribution in [2.45, 2.75) is 200 Å². The van der Waals surface area contributed by atoms with Crippen LogP contribution in [0.3, 0.4) is 0 Å². The molecule has 1 atom stereocenters. The molecule has 0 aliphatic rings. The summed E-state index contributed by atoms with van der Waals surface area (Å²) in [6, 6.07) is 0. The number of carboxylic acids is 4. The lowest BCUT2D eigenvalue weighted by Gasteiger charge is -2.30. The van der Waals surface area contributed by atoms with Gasteiger partial charge in [-0.1, -0.05) is 168 Å². The minimum absolute atomic E-state index is 0.0401. The zero-order valence-electron chi connectivity index (χ0n) is 44.8. The Morgan fingerprint density at radius 2 is 0.718 bits per heavy atom. The van der Waals surface area contributed by atoms with Crippen LogP contribution in [0.2, 0.25) is 0 Å². The number of hydrogen-bond donors (Lipinski definition) is 4. The summed E-state index contributed by atoms with van der Waals surface area (Å²) in [7, 11) is 3.41. The summed E-state index contributed by atoms with van der Waals surface area (Å²) in [5.41, 5.74) is 0. The first kappa shape index (κ1) is 67.1. The number of carbonyl (C=O) groups excluding carboxylic acids is 3. The number of nitrogens with zero attached hydrogens (tertiary/aromatic N) is 5. The number of hydrogen-bond acceptors (Lipinski definition) is 13. The van der Waals surface area contributed by atoms with Crippen molar-refractivity contribution in [3.05, 3.63) is 0 Å². The third kappa shape index (κ3) is 44.6. The topological polar surface area (TPSA) is 235 Å². The summed E-state index contributed by atoms with van der Waals surface area (Å²) in [4.78, 5) is 92.4. The SMILES string of the molecule is CCCCCCCCCCCCCCCC(=O)OCC(CN(C)CCN(C)C(=O)CN(CCN(CC(=O)O)CC(=O)O)CCN(CC(=O)O)CC(=O)O)OC(=O)CCCCCCCCCCCCCCC. The highest BCUT2D eigenvalue weighted by molar-refractivity contribution is 5.78. The van der Waals surface area contributed by atoms with Crippen molar-refractivity contribution >= 4 is 41.7 Å². The number of likely N-dealkylation sites (N-methyl/N-ethyl adjacent to an activating group) is 2. The van der Waals surface area contributed by atoms with Gasteiger partial charge in [0.05, 0.1) is 32.7 Å². The van der Waals surface area contributed by atoms with E-state index in [4.69, 9.17) is 9.47 Å². The minimum atomic E-state index is -1.23. The molecule has 414 valence electrons. The van der Waals surface area contributed by atoms with E-state index in [-0.39, 0.29) is 76.7 Å². The lowest BCUT2D eigenvalue weighted by molar-refractivity contribution is -0.160. The van der Waals surface area contributed by atoms with Crippen molar-refractivity contribution < 1.29 is 63.5 Å². The molecule has 0 spiro atoms. The minimum Gasteiger partial charge on any atom is -0.480 e. The number of esters is 2. The summed E-state index contributed by atoms with van der Waals surface area (Å²) in [6.07, 6.45) is 31.0. The Kier molecular flexibility index (Phi) is 43.4. The summed E-state index contributed by atoms with van der Waals surface area (Å²) in [5.74, 6) is -5.95. The second kappa shape index (κ2) is 46.0. The number of carbonyl (C=O) groups is 7. The first-order valence-corrected chi connectivity index (χ1v) is 27.4. The van der Waals surface area contributed by atoms with E-state index in [2.05, 4.69) is 13.8 Å². The van der Waals surface area contributed by atoms with Gasteiger partial charge < -0.3 is 39.7 Å². The third-order valence-electron chi connectivity index (χ3n) is 12.7. The number of rotatable bonds is 52. The number of amides is 1. The Balaban J connectivity index is 5.35. The molecule has 0 aromatic rings. The molecule has 0 rings (SSSR count). The molecule has 0 aliphatic heterocycles. The van der Waals surface area contributed by atoms with E-state index in [9.17, 15) is 54.0 Å². The molecule has 0 radical (unpaired) electrons. The van der Waals surface area contributed by atoms with Crippen molar-refractivity contribution in [2.24, 2.45) is 0 Å². The average molecular weight is 1010 g/mol. The molecular formula is C53H99N5O13. The van der Waals surface area contributed by atoms with Gasteiger partial charge >= 0.3 is 35.8 Å². The predicted octanol–water partition coefficient (Wildman–Crippen LogP) is 8.04. The molecule has 4 N–H and O–H groups in total. The molecule has 18 heteroatoms. The summed E-state index contributed by atoms with van der Waals surface area (Å²) in [5, 5.41) is 37.2. The Morgan fingerprint density at radius 3 is 1.07 bits per heavy atom. The number of aliphatic carboxylic acids is 4. The van der Waals surface area contributed by atoms with E-state index >= 15 is 0 Å². The molecule has 0 saturated carbocycles. The van der Waals surface area contributed by atoms with E-state index < -0.39 is 56.2 Å². The van der Waals surface area contributed by atoms with Crippen LogP contribution in [0.5, 0.6) is 0 Å². The molecule has 0 aromatic carbocycles. The molecule has 0 fully saturated rings. The van der Waals surface area contributed by atoms with Crippen LogP contribution in [0.15, 0.2) is 0 Å². The molecule has 18 nitrogen and oxygen atoms in total. The van der Waals surface area contributed by atoms with Crippen LogP contribution in [0.1, 0.15) is 194 Å². The van der Waals surface area contributed by atoms with Gasteiger partial charge in [-0.3, -0.25) is 48.3 Å². The molecule has 0 heterocycles. The molecule has 1 amide bonds. The van der Waals surface area contributed by atoms with Crippen LogP contribution in [-0.4, -0.2) is 192 Å². The largest absolute Gasteiger partial charge is 0.480 e. The Labute approximate surface area is 427 Å². The number of ether oxygens (including phenoxy) is 2. The van der Waals surface area contributed by atoms with Crippen LogP contribution < -0.4 is 0 Å². The van der Waals surface area contributed by atoms with Crippen LogP contribution in [0.4, 0.5) is 0 Å². The summed E-state index contributed by atoms with van der Waals surface area (Å²) in [6.45, 7) is 2.81. The van der Waals surface area contributed by atoms with Crippen molar-refractivity contribution in [1.82, 2.24) is 24.5 Å². The first-order valence-electron chi connectivity index (χ1n) is 27.4. The van der Waals surface area contributed by atoms with Crippen LogP contribution >= 0.6 is 0 Å². The van der Waals surface area contributed by atoms with Gasteiger partial charge in [0.25, 0.3) is 0 Å². The first-order chi connectivity index (χ1) is 34.1. The van der Waals surface area contributed by atoms with Crippen molar-refractivity contribution in [2.75, 3.05) is 99.2 Å². The fraction of sp³-hybridized carbons (Fsp3) is 0.868. The predicted molar refractivity (Wildman–Crippen MR) is 276 cm³/mol. The zero-order chi connectivity index (χ0) is 52.9. The summed E-state index contributed by atoms with van der Waals surface area (Å²) >= 11 is 0. The van der Waals surface area contributed by atoms with Crippen LogP contribution in [0, 0.1) is 0 Å². The van der Waals surface area contributed by atoms with Gasteiger partial charge in [-0.2, -0.15) is 0 Å². The maximum Gasteiger partial charge on any atom is 0.317 e. The summed E-state index contributed by atoms with van der Waals surface area (Å²) < 4.78 is 11.6. The van der Waals surface area contributed by atoms with Gasteiger partial charge in [0.2, 0.25) is 5.91 Å². The van der Waals surface area contributed by atoms with Gasteiger partial charge in [-0.05, 0) is 19.9 Å². The monoisotopic (exact) mass is 1010 g/mol. The van der Waals surface area contributed by atoms with E-state index in [1.165, 1.54) is 130 Å². The van der Waals surface area contributed by atoms with Gasteiger partial charge in [0.15, 0.2) is 0 Å². The fourth-order valence-corrected chi connectivity index (χ4v) is 8.43. The van der Waals surface area contributed by atoms with E-state index in [0.29, 0.717) is 13.0 Å². The van der Waals surface area contributed by atoms with Crippen molar-refractivity contribution in [1.29, 1.82) is 0 Å². The molecule has 1 unspecified atom stereocenters. The Hall–Kier alpha value is -3.87. The van der Waals surface area contributed by atoms with Crippen molar-refractivity contribution in [3.63, 3.8) is 0 Å². The van der Waals surface area contributed by atoms with Gasteiger partial charge in [-0.15, -0.1) is 0 Å². The molecule has 0 aliphatic carbocycles. The van der Waals surface area contributed by atoms with E-state index in [0.717, 1.165) is 51.4 Å². The quantitative estimate of drug-likeness (QED) is 0.0333. The highest BCUT2D eigenvalue weighted by atomic mass is 16.6. The molecule has 0 aromatic heterocycles. The lowest BCUT2D eigenvalue weighted by Crippen LogP contribution is -2.48. The van der Waals surface area contributed by atoms with Gasteiger partial charge in [0.1, 0.15) is 12.7 Å². The highest BCUT2D eigenvalue weighted by Gasteiger charge is 2.23. The molecule has 71 heavy (non-hydrogen) atoms. The van der Waals surface area contributed by atoms with Crippen LogP contribution in [0.25, 0.3) is 0 Å². The maximum atomic E-state index is 13.5. The zero-order valence-corrected chi connectivity index (χ0v) is 44.8. The Morgan fingerprint density at radius 1 is 0.394 bits per heavy atom. The standard InChI is InChI=1S/C53H99N5O13/c1-5-7-9-11-13-15-17-19-21-23-25-27-29-31-52(68)70-45-46(71-53(69)32-30-28-26-24-22-20-18-16-14-12-10-8-6-2)39-54(3)33-34-55(4)47(59)40-56(35-37-57(41-48(60)61)42-49(62)63)36-38-58(43-50(64)65)44-51(66)67/h46H,5-45H2,1-4H3,(H,60,61)(H,62,63)(H,64,65)(H,66,67). The number of carboxylic acid groups (broad SMARTS) is 4. The highest BCUT2D eigenvalue weighted by Crippen LogP contribution is 2.15. The smallest absolute Gasteiger partial charge is 0.317 e. The third-order valence-corrected chi connectivity index (χ3v) is 12.7.